The number of nitrogens with one attached hydrogen (secondary N) is 1. The highest BCUT2D eigenvalue weighted by molar-refractivity contribution is 7.08. The van der Waals surface area contributed by atoms with Crippen LogP contribution in [0.4, 0.5) is 0 Å². The third-order valence-electron chi connectivity index (χ3n) is 2.68. The second-order valence-electron chi connectivity index (χ2n) is 4.16. The molecule has 0 fully saturated rings. The van der Waals surface area contributed by atoms with Gasteiger partial charge in [-0.15, -0.1) is 0 Å². The number of carbonyl (C=O) groups excluding carboxylic acids is 1. The monoisotopic (exact) mass is 279 g/mol. The van der Waals surface area contributed by atoms with Crippen LogP contribution in [-0.2, 0) is 11.8 Å². The van der Waals surface area contributed by atoms with E-state index in [-0.39, 0.29) is 0 Å². The molecule has 1 unspecified atom stereocenters. The Kier molecular flexibility index (Phi) is 3.66. The predicted molar refractivity (Wildman–Crippen MR) is 70.1 cm³/mol. The van der Waals surface area contributed by atoms with Gasteiger partial charge in [-0.3, -0.25) is 9.48 Å². The van der Waals surface area contributed by atoms with Gasteiger partial charge >= 0.3 is 5.97 Å². The fourth-order valence-electron chi connectivity index (χ4n) is 1.68. The van der Waals surface area contributed by atoms with Gasteiger partial charge in [0.1, 0.15) is 0 Å². The van der Waals surface area contributed by atoms with Crippen molar-refractivity contribution in [2.45, 2.75) is 13.0 Å². The third kappa shape index (κ3) is 2.82. The van der Waals surface area contributed by atoms with Crippen LogP contribution in [-0.4, -0.2) is 26.8 Å². The fourth-order valence-corrected chi connectivity index (χ4v) is 2.51. The number of hydrogen-bond donors (Lipinski definition) is 2. The number of nitrogens with zero attached hydrogens (tertiary/aromatic N) is 2. The first-order valence-corrected chi connectivity index (χ1v) is 6.48. The van der Waals surface area contributed by atoms with Crippen LogP contribution >= 0.6 is 11.3 Å². The average molecular weight is 279 g/mol. The number of aromatic nitrogens is 2. The second kappa shape index (κ2) is 5.23. The number of amides is 1. The lowest BCUT2D eigenvalue weighted by atomic mass is 10.1. The van der Waals surface area contributed by atoms with Crippen molar-refractivity contribution in [1.82, 2.24) is 15.1 Å². The van der Waals surface area contributed by atoms with E-state index in [9.17, 15) is 14.7 Å². The maximum absolute atomic E-state index is 12.0. The van der Waals surface area contributed by atoms with Crippen molar-refractivity contribution in [3.63, 3.8) is 0 Å². The number of hydrogen-bond acceptors (Lipinski definition) is 4. The van der Waals surface area contributed by atoms with Crippen molar-refractivity contribution < 1.29 is 14.7 Å². The van der Waals surface area contributed by atoms with Gasteiger partial charge in [-0.1, -0.05) is 0 Å². The summed E-state index contributed by atoms with van der Waals surface area (Å²) in [5, 5.41) is 19.2. The molecule has 19 heavy (non-hydrogen) atoms. The Hall–Kier alpha value is -2.15. The van der Waals surface area contributed by atoms with E-state index in [0.717, 1.165) is 5.56 Å². The summed E-state index contributed by atoms with van der Waals surface area (Å²) in [5.41, 5.74) is 1.77. The molecule has 100 valence electrons. The highest BCUT2D eigenvalue weighted by Gasteiger charge is 2.24. The Bertz CT molecular complexity index is 617. The smallest absolute Gasteiger partial charge is 0.331 e. The molecule has 0 aliphatic heterocycles. The van der Waals surface area contributed by atoms with E-state index < -0.39 is 17.9 Å². The number of aliphatic carboxylic acids is 1. The van der Waals surface area contributed by atoms with Crippen molar-refractivity contribution in [3.05, 3.63) is 39.8 Å². The van der Waals surface area contributed by atoms with Crippen LogP contribution in [0.3, 0.4) is 0 Å². The van der Waals surface area contributed by atoms with E-state index in [1.54, 1.807) is 18.6 Å². The quantitative estimate of drug-likeness (QED) is 0.884. The maximum Gasteiger partial charge on any atom is 0.331 e. The molecule has 7 heteroatoms. The van der Waals surface area contributed by atoms with Gasteiger partial charge < -0.3 is 10.4 Å². The van der Waals surface area contributed by atoms with E-state index in [1.165, 1.54) is 22.2 Å². The number of thiophene rings is 1. The van der Waals surface area contributed by atoms with Crippen LogP contribution in [0.25, 0.3) is 0 Å². The molecule has 0 saturated heterocycles. The van der Waals surface area contributed by atoms with Gasteiger partial charge in [0.05, 0.1) is 11.8 Å². The van der Waals surface area contributed by atoms with Gasteiger partial charge in [0.25, 0.3) is 5.91 Å². The van der Waals surface area contributed by atoms with Crippen LogP contribution in [0, 0.1) is 6.92 Å². The van der Waals surface area contributed by atoms with Gasteiger partial charge in [0, 0.05) is 24.2 Å². The van der Waals surface area contributed by atoms with Gasteiger partial charge in [-0.05, 0) is 17.9 Å². The lowest BCUT2D eigenvalue weighted by Crippen LogP contribution is -2.33. The number of carbonyl (C=O) groups is 2. The molecule has 0 aliphatic carbocycles. The van der Waals surface area contributed by atoms with Crippen LogP contribution in [0.5, 0.6) is 0 Å². The van der Waals surface area contributed by atoms with Crippen LogP contribution in [0.15, 0.2) is 23.2 Å². The molecule has 1 atom stereocenters. The minimum atomic E-state index is -1.12. The predicted octanol–water partition coefficient (Wildman–Crippen LogP) is 1.35. The van der Waals surface area contributed by atoms with Gasteiger partial charge in [-0.25, -0.2) is 4.79 Å². The second-order valence-corrected chi connectivity index (χ2v) is 4.90. The molecular weight excluding hydrogens is 266 g/mol. The SMILES string of the molecule is Cc1cscc1C(=O)NC(C(=O)O)c1cnn(C)c1. The van der Waals surface area contributed by atoms with E-state index in [2.05, 4.69) is 10.4 Å². The van der Waals surface area contributed by atoms with Crippen molar-refractivity contribution >= 4 is 23.2 Å². The third-order valence-corrected chi connectivity index (χ3v) is 3.54. The Morgan fingerprint density at radius 1 is 1.47 bits per heavy atom. The summed E-state index contributed by atoms with van der Waals surface area (Å²) in [6, 6.07) is -1.10. The Morgan fingerprint density at radius 3 is 2.68 bits per heavy atom. The van der Waals surface area contributed by atoms with Gasteiger partial charge in [0.15, 0.2) is 6.04 Å². The Balaban J connectivity index is 2.21. The zero-order valence-corrected chi connectivity index (χ0v) is 11.3. The molecule has 1 amide bonds. The van der Waals surface area contributed by atoms with Crippen molar-refractivity contribution in [2.24, 2.45) is 7.05 Å². The molecular formula is C12H13N3O3S. The van der Waals surface area contributed by atoms with Crippen molar-refractivity contribution in [2.75, 3.05) is 0 Å². The van der Waals surface area contributed by atoms with Gasteiger partial charge in [-0.2, -0.15) is 16.4 Å². The fraction of sp³-hybridized carbons (Fsp3) is 0.250. The number of aryl methyl sites for hydroxylation is 2. The molecule has 2 N–H and O–H groups in total. The average Bonchev–Trinajstić information content (AvgIpc) is 2.94. The summed E-state index contributed by atoms with van der Waals surface area (Å²) >= 11 is 1.41. The van der Waals surface area contributed by atoms with Gasteiger partial charge in [0.2, 0.25) is 0 Å². The molecule has 6 nitrogen and oxygen atoms in total. The largest absolute Gasteiger partial charge is 0.479 e. The summed E-state index contributed by atoms with van der Waals surface area (Å²) in [6.07, 6.45) is 3.00. The molecule has 2 heterocycles. The van der Waals surface area contributed by atoms with Crippen molar-refractivity contribution in [3.8, 4) is 0 Å². The Morgan fingerprint density at radius 2 is 2.21 bits per heavy atom. The maximum atomic E-state index is 12.0. The van der Waals surface area contributed by atoms with E-state index in [4.69, 9.17) is 0 Å². The summed E-state index contributed by atoms with van der Waals surface area (Å²) in [5.74, 6) is -1.51. The molecule has 2 aromatic heterocycles. The topological polar surface area (TPSA) is 84.2 Å². The zero-order chi connectivity index (χ0) is 14.0. The standard InChI is InChI=1S/C12H13N3O3S/c1-7-5-19-6-9(7)11(16)14-10(12(17)18)8-3-13-15(2)4-8/h3-6,10H,1-2H3,(H,14,16)(H,17,18). The summed E-state index contributed by atoms with van der Waals surface area (Å²) < 4.78 is 1.49. The summed E-state index contributed by atoms with van der Waals surface area (Å²) in [7, 11) is 1.69. The highest BCUT2D eigenvalue weighted by Crippen LogP contribution is 2.17. The lowest BCUT2D eigenvalue weighted by Gasteiger charge is -2.12. The molecule has 0 radical (unpaired) electrons. The minimum absolute atomic E-state index is 0.394. The highest BCUT2D eigenvalue weighted by atomic mass is 32.1. The molecule has 0 saturated carbocycles. The van der Waals surface area contributed by atoms with E-state index in [0.29, 0.717) is 11.1 Å². The molecule has 0 aromatic carbocycles. The molecule has 0 aliphatic rings. The first-order chi connectivity index (χ1) is 8.99. The Labute approximate surface area is 113 Å². The normalized spacial score (nSPS) is 12.1. The minimum Gasteiger partial charge on any atom is -0.479 e. The number of carboxylic acids is 1. The van der Waals surface area contributed by atoms with Crippen LogP contribution < -0.4 is 5.32 Å². The first kappa shape index (κ1) is 13.3. The summed E-state index contributed by atoms with van der Waals surface area (Å²) in [4.78, 5) is 23.3. The van der Waals surface area contributed by atoms with Crippen LogP contribution in [0.1, 0.15) is 27.5 Å². The molecule has 0 spiro atoms. The van der Waals surface area contributed by atoms with E-state index in [1.807, 2.05) is 12.3 Å². The molecule has 2 aromatic rings. The molecule has 2 rings (SSSR count). The van der Waals surface area contributed by atoms with Crippen LogP contribution in [0.2, 0.25) is 0 Å². The van der Waals surface area contributed by atoms with Crippen molar-refractivity contribution in [1.29, 1.82) is 0 Å². The van der Waals surface area contributed by atoms with E-state index >= 15 is 0 Å². The first-order valence-electron chi connectivity index (χ1n) is 5.54. The zero-order valence-electron chi connectivity index (χ0n) is 10.5. The summed E-state index contributed by atoms with van der Waals surface area (Å²) in [6.45, 7) is 1.81. The molecule has 0 bridgehead atoms. The lowest BCUT2D eigenvalue weighted by molar-refractivity contribution is -0.139. The number of carboxylic acid groups (broad SMARTS) is 1. The number of rotatable bonds is 4.